The molecule has 0 bridgehead atoms. The van der Waals surface area contributed by atoms with Crippen molar-refractivity contribution in [1.82, 2.24) is 4.98 Å². The molecular formula is C21H15ClF3N3O2S. The van der Waals surface area contributed by atoms with Gasteiger partial charge in [0, 0.05) is 17.1 Å². The minimum absolute atomic E-state index is 0.0286. The molecular weight excluding hydrogens is 451 g/mol. The predicted molar refractivity (Wildman–Crippen MR) is 114 cm³/mol. The van der Waals surface area contributed by atoms with E-state index in [1.54, 1.807) is 23.6 Å². The lowest BCUT2D eigenvalue weighted by atomic mass is 10.1. The van der Waals surface area contributed by atoms with E-state index in [2.05, 4.69) is 10.3 Å². The first kappa shape index (κ1) is 22.5. The van der Waals surface area contributed by atoms with E-state index in [1.165, 1.54) is 31.8 Å². The Hall–Kier alpha value is -3.22. The number of halogens is 4. The highest BCUT2D eigenvalue weighted by atomic mass is 35.5. The van der Waals surface area contributed by atoms with Crippen molar-refractivity contribution in [2.45, 2.75) is 6.18 Å². The second-order valence-electron chi connectivity index (χ2n) is 6.11. The largest absolute Gasteiger partial charge is 0.493 e. The van der Waals surface area contributed by atoms with E-state index >= 15 is 0 Å². The third-order valence-electron chi connectivity index (χ3n) is 4.20. The molecule has 1 heterocycles. The number of nitrogens with zero attached hydrogens (tertiary/aromatic N) is 2. The van der Waals surface area contributed by atoms with Gasteiger partial charge in [0.2, 0.25) is 0 Å². The summed E-state index contributed by atoms with van der Waals surface area (Å²) < 4.78 is 49.3. The van der Waals surface area contributed by atoms with Gasteiger partial charge in [-0.05, 0) is 36.4 Å². The number of allylic oxidation sites excluding steroid dienone is 1. The average molecular weight is 466 g/mol. The maximum atomic E-state index is 12.9. The van der Waals surface area contributed by atoms with Crippen LogP contribution in [-0.2, 0) is 6.18 Å². The van der Waals surface area contributed by atoms with Gasteiger partial charge < -0.3 is 14.8 Å². The number of hydrogen-bond acceptors (Lipinski definition) is 6. The summed E-state index contributed by atoms with van der Waals surface area (Å²) in [4.78, 5) is 4.45. The molecule has 1 N–H and O–H groups in total. The predicted octanol–water partition coefficient (Wildman–Crippen LogP) is 6.48. The summed E-state index contributed by atoms with van der Waals surface area (Å²) in [6.45, 7) is 0. The summed E-state index contributed by atoms with van der Waals surface area (Å²) in [5.41, 5.74) is 0.688. The molecule has 1 aromatic heterocycles. The Balaban J connectivity index is 1.87. The highest BCUT2D eigenvalue weighted by molar-refractivity contribution is 7.11. The highest BCUT2D eigenvalue weighted by Crippen LogP contribution is 2.35. The summed E-state index contributed by atoms with van der Waals surface area (Å²) in [6.07, 6.45) is -3.23. The Bertz CT molecular complexity index is 1170. The zero-order chi connectivity index (χ0) is 22.6. The van der Waals surface area contributed by atoms with Gasteiger partial charge in [0.05, 0.1) is 36.2 Å². The Morgan fingerprint density at radius 2 is 1.90 bits per heavy atom. The molecule has 5 nitrogen and oxygen atoms in total. The van der Waals surface area contributed by atoms with Crippen LogP contribution in [0.25, 0.3) is 16.8 Å². The number of nitrogens with one attached hydrogen (secondary N) is 1. The molecule has 0 saturated carbocycles. The molecule has 10 heteroatoms. The van der Waals surface area contributed by atoms with Gasteiger partial charge in [0.25, 0.3) is 0 Å². The molecule has 0 atom stereocenters. The molecule has 0 unspecified atom stereocenters. The number of hydrogen-bond donors (Lipinski definition) is 1. The lowest BCUT2D eigenvalue weighted by Crippen LogP contribution is -2.05. The maximum absolute atomic E-state index is 12.9. The van der Waals surface area contributed by atoms with Gasteiger partial charge >= 0.3 is 6.18 Å². The van der Waals surface area contributed by atoms with Crippen molar-refractivity contribution < 1.29 is 22.6 Å². The van der Waals surface area contributed by atoms with Crippen LogP contribution in [0.3, 0.4) is 0 Å². The molecule has 0 spiro atoms. The van der Waals surface area contributed by atoms with E-state index in [1.807, 2.05) is 6.07 Å². The summed E-state index contributed by atoms with van der Waals surface area (Å²) >= 11 is 7.20. The topological polar surface area (TPSA) is 67.2 Å². The van der Waals surface area contributed by atoms with Crippen molar-refractivity contribution in [1.29, 1.82) is 5.26 Å². The summed E-state index contributed by atoms with van der Waals surface area (Å²) in [7, 11) is 3.06. The number of rotatable bonds is 6. The van der Waals surface area contributed by atoms with E-state index < -0.39 is 11.7 Å². The van der Waals surface area contributed by atoms with Crippen LogP contribution in [-0.4, -0.2) is 19.2 Å². The van der Waals surface area contributed by atoms with Crippen LogP contribution in [0.4, 0.5) is 18.9 Å². The molecule has 2 aromatic carbocycles. The fourth-order valence-electron chi connectivity index (χ4n) is 2.63. The van der Waals surface area contributed by atoms with Gasteiger partial charge in [-0.1, -0.05) is 11.6 Å². The Kier molecular flexibility index (Phi) is 6.73. The SMILES string of the molecule is COc1ccc(-c2csc(/C(C#N)=C/Nc3cc(C(F)(F)F)ccc3Cl)n2)cc1OC. The molecule has 0 aliphatic heterocycles. The lowest BCUT2D eigenvalue weighted by molar-refractivity contribution is -0.137. The molecule has 0 aliphatic rings. The smallest absolute Gasteiger partial charge is 0.416 e. The fourth-order valence-corrected chi connectivity index (χ4v) is 3.60. The van der Waals surface area contributed by atoms with Crippen LogP contribution < -0.4 is 14.8 Å². The molecule has 0 saturated heterocycles. The molecule has 0 radical (unpaired) electrons. The number of alkyl halides is 3. The monoisotopic (exact) mass is 465 g/mol. The maximum Gasteiger partial charge on any atom is 0.416 e. The average Bonchev–Trinajstić information content (AvgIpc) is 3.24. The van der Waals surface area contributed by atoms with Gasteiger partial charge in [-0.25, -0.2) is 4.98 Å². The Morgan fingerprint density at radius 3 is 2.55 bits per heavy atom. The van der Waals surface area contributed by atoms with Crippen LogP contribution in [0.15, 0.2) is 48.0 Å². The standard InChI is InChI=1S/C21H15ClF3N3O2S/c1-29-18-6-3-12(7-19(18)30-2)17-11-31-20(28-17)13(9-26)10-27-16-8-14(21(23,24)25)4-5-15(16)22/h3-8,10-11,27H,1-2H3/b13-10+. The molecule has 160 valence electrons. The number of methoxy groups -OCH3 is 2. The number of thiazole rings is 1. The fraction of sp³-hybridized carbons (Fsp3) is 0.143. The van der Waals surface area contributed by atoms with Crippen molar-refractivity contribution >= 4 is 34.2 Å². The first-order valence-corrected chi connectivity index (χ1v) is 9.94. The third-order valence-corrected chi connectivity index (χ3v) is 5.41. The van der Waals surface area contributed by atoms with Crippen molar-refractivity contribution in [2.24, 2.45) is 0 Å². The van der Waals surface area contributed by atoms with Crippen molar-refractivity contribution in [3.8, 4) is 28.8 Å². The van der Waals surface area contributed by atoms with Crippen molar-refractivity contribution in [2.75, 3.05) is 19.5 Å². The summed E-state index contributed by atoms with van der Waals surface area (Å²) in [6, 6.07) is 10.2. The van der Waals surface area contributed by atoms with Gasteiger partial charge in [0.15, 0.2) is 11.5 Å². The summed E-state index contributed by atoms with van der Waals surface area (Å²) in [5, 5.41) is 14.4. The number of ether oxygens (including phenoxy) is 2. The normalized spacial score (nSPS) is 11.7. The van der Waals surface area contributed by atoms with Crippen LogP contribution in [0.1, 0.15) is 10.6 Å². The molecule has 31 heavy (non-hydrogen) atoms. The lowest BCUT2D eigenvalue weighted by Gasteiger charge is -2.10. The van der Waals surface area contributed by atoms with Crippen molar-refractivity contribution in [3.63, 3.8) is 0 Å². The van der Waals surface area contributed by atoms with Gasteiger partial charge in [0.1, 0.15) is 16.6 Å². The van der Waals surface area contributed by atoms with Crippen LogP contribution in [0, 0.1) is 11.3 Å². The van der Waals surface area contributed by atoms with Gasteiger partial charge in [-0.15, -0.1) is 11.3 Å². The van der Waals surface area contributed by atoms with Crippen LogP contribution in [0.5, 0.6) is 11.5 Å². The molecule has 0 amide bonds. The van der Waals surface area contributed by atoms with Crippen LogP contribution in [0.2, 0.25) is 5.02 Å². The van der Waals surface area contributed by atoms with Gasteiger partial charge in [-0.3, -0.25) is 0 Å². The van der Waals surface area contributed by atoms with Crippen molar-refractivity contribution in [3.05, 3.63) is 63.6 Å². The number of nitriles is 1. The van der Waals surface area contributed by atoms with E-state index in [9.17, 15) is 18.4 Å². The first-order chi connectivity index (χ1) is 14.8. The zero-order valence-electron chi connectivity index (χ0n) is 16.2. The number of anilines is 1. The number of aromatic nitrogens is 1. The minimum Gasteiger partial charge on any atom is -0.493 e. The van der Waals surface area contributed by atoms with E-state index in [-0.39, 0.29) is 16.3 Å². The zero-order valence-corrected chi connectivity index (χ0v) is 17.8. The molecule has 0 fully saturated rings. The number of benzene rings is 2. The van der Waals surface area contributed by atoms with Crippen LogP contribution >= 0.6 is 22.9 Å². The second-order valence-corrected chi connectivity index (χ2v) is 7.38. The minimum atomic E-state index is -4.51. The highest BCUT2D eigenvalue weighted by Gasteiger charge is 2.30. The first-order valence-electron chi connectivity index (χ1n) is 8.68. The quantitative estimate of drug-likeness (QED) is 0.422. The Morgan fingerprint density at radius 1 is 1.16 bits per heavy atom. The van der Waals surface area contributed by atoms with E-state index in [0.717, 1.165) is 23.8 Å². The molecule has 0 aliphatic carbocycles. The molecule has 3 aromatic rings. The van der Waals surface area contributed by atoms with Gasteiger partial charge in [-0.2, -0.15) is 18.4 Å². The second kappa shape index (κ2) is 9.29. The molecule has 3 rings (SSSR count). The van der Waals surface area contributed by atoms with E-state index in [4.69, 9.17) is 21.1 Å². The summed E-state index contributed by atoms with van der Waals surface area (Å²) in [5.74, 6) is 1.10. The Labute approximate surface area is 185 Å². The van der Waals surface area contributed by atoms with E-state index in [0.29, 0.717) is 22.2 Å². The third kappa shape index (κ3) is 5.10.